The Balaban J connectivity index is 1.90. The monoisotopic (exact) mass is 395 g/mol. The molecule has 0 amide bonds. The standard InChI is InChI=1S/C21H18ClN3O3/c1-2-27-12-7-6-11-8-13(20(22)25-15(11)9-12)18-14(10-23)21(24)28-17-5-3-4-16(26)19(17)18/h6-9,18H,2-5,24H2,1H3. The highest BCUT2D eigenvalue weighted by molar-refractivity contribution is 6.31. The Morgan fingerprint density at radius 3 is 2.96 bits per heavy atom. The molecule has 0 radical (unpaired) electrons. The van der Waals surface area contributed by atoms with Crippen LogP contribution in [0.2, 0.25) is 5.15 Å². The number of nitrogens with two attached hydrogens (primary N) is 1. The fourth-order valence-corrected chi connectivity index (χ4v) is 4.02. The third-order valence-electron chi connectivity index (χ3n) is 5.00. The van der Waals surface area contributed by atoms with Crippen molar-refractivity contribution in [3.05, 3.63) is 57.8 Å². The second-order valence-electron chi connectivity index (χ2n) is 6.69. The number of carbonyl (C=O) groups excluding carboxylic acids is 1. The lowest BCUT2D eigenvalue weighted by atomic mass is 9.78. The molecule has 0 bridgehead atoms. The Labute approximate surface area is 167 Å². The Bertz CT molecular complexity index is 1100. The summed E-state index contributed by atoms with van der Waals surface area (Å²) in [5, 5.41) is 10.7. The number of fused-ring (bicyclic) bond motifs is 1. The first kappa shape index (κ1) is 18.3. The molecule has 0 fully saturated rings. The van der Waals surface area contributed by atoms with Crippen molar-refractivity contribution in [2.24, 2.45) is 5.73 Å². The predicted molar refractivity (Wildman–Crippen MR) is 104 cm³/mol. The van der Waals surface area contributed by atoms with Crippen molar-refractivity contribution < 1.29 is 14.3 Å². The molecule has 1 aromatic carbocycles. The third-order valence-corrected chi connectivity index (χ3v) is 5.30. The maximum Gasteiger partial charge on any atom is 0.205 e. The minimum Gasteiger partial charge on any atom is -0.494 e. The lowest BCUT2D eigenvalue weighted by Gasteiger charge is -2.31. The van der Waals surface area contributed by atoms with E-state index in [1.165, 1.54) is 0 Å². The minimum absolute atomic E-state index is 0.0174. The maximum atomic E-state index is 12.7. The smallest absolute Gasteiger partial charge is 0.205 e. The fourth-order valence-electron chi connectivity index (χ4n) is 3.77. The van der Waals surface area contributed by atoms with Gasteiger partial charge in [-0.15, -0.1) is 0 Å². The highest BCUT2D eigenvalue weighted by Crippen LogP contribution is 2.45. The van der Waals surface area contributed by atoms with Gasteiger partial charge in [-0.05, 0) is 31.5 Å². The van der Waals surface area contributed by atoms with Gasteiger partial charge < -0.3 is 15.2 Å². The molecular formula is C21H18ClN3O3. The van der Waals surface area contributed by atoms with Gasteiger partial charge in [0, 0.05) is 35.4 Å². The number of ether oxygens (including phenoxy) is 2. The average Bonchev–Trinajstić information content (AvgIpc) is 2.67. The normalized spacial score (nSPS) is 19.3. The van der Waals surface area contributed by atoms with Gasteiger partial charge >= 0.3 is 0 Å². The number of pyridine rings is 1. The van der Waals surface area contributed by atoms with E-state index in [2.05, 4.69) is 11.1 Å². The summed E-state index contributed by atoms with van der Waals surface area (Å²) >= 11 is 6.52. The zero-order valence-electron chi connectivity index (χ0n) is 15.3. The number of rotatable bonds is 3. The second-order valence-corrected chi connectivity index (χ2v) is 7.05. The largest absolute Gasteiger partial charge is 0.494 e. The van der Waals surface area contributed by atoms with Gasteiger partial charge in [-0.3, -0.25) is 4.79 Å². The zero-order valence-corrected chi connectivity index (χ0v) is 16.0. The van der Waals surface area contributed by atoms with Crippen LogP contribution in [0.3, 0.4) is 0 Å². The van der Waals surface area contributed by atoms with Crippen LogP contribution in [0.5, 0.6) is 5.75 Å². The molecule has 1 aliphatic carbocycles. The number of hydrogen-bond donors (Lipinski definition) is 1. The van der Waals surface area contributed by atoms with E-state index in [-0.39, 0.29) is 22.4 Å². The molecule has 0 spiro atoms. The molecule has 1 atom stereocenters. The summed E-state index contributed by atoms with van der Waals surface area (Å²) in [6.45, 7) is 2.46. The number of halogens is 1. The highest BCUT2D eigenvalue weighted by Gasteiger charge is 2.39. The molecule has 142 valence electrons. The summed E-state index contributed by atoms with van der Waals surface area (Å²) in [4.78, 5) is 17.2. The Hall–Kier alpha value is -3.04. The molecule has 1 unspecified atom stereocenters. The van der Waals surface area contributed by atoms with Gasteiger partial charge in [0.05, 0.1) is 18.0 Å². The summed E-state index contributed by atoms with van der Waals surface area (Å²) in [6, 6.07) is 9.49. The molecule has 7 heteroatoms. The predicted octanol–water partition coefficient (Wildman–Crippen LogP) is 4.10. The van der Waals surface area contributed by atoms with Crippen molar-refractivity contribution in [1.29, 1.82) is 5.26 Å². The number of allylic oxidation sites excluding steroid dienone is 3. The van der Waals surface area contributed by atoms with Gasteiger partial charge in [-0.1, -0.05) is 11.6 Å². The lowest BCUT2D eigenvalue weighted by molar-refractivity contribution is -0.116. The molecule has 2 heterocycles. The molecule has 0 saturated carbocycles. The van der Waals surface area contributed by atoms with Crippen LogP contribution in [0.15, 0.2) is 47.1 Å². The van der Waals surface area contributed by atoms with Crippen LogP contribution in [-0.4, -0.2) is 17.4 Å². The van der Waals surface area contributed by atoms with Crippen molar-refractivity contribution in [3.63, 3.8) is 0 Å². The Morgan fingerprint density at radius 1 is 1.39 bits per heavy atom. The van der Waals surface area contributed by atoms with E-state index in [1.807, 2.05) is 31.2 Å². The maximum absolute atomic E-state index is 12.7. The van der Waals surface area contributed by atoms with Gasteiger partial charge in [-0.25, -0.2) is 4.98 Å². The number of carbonyl (C=O) groups is 1. The number of Topliss-reactive ketones (excluding diaryl/α,β-unsaturated/α-hetero) is 1. The number of aromatic nitrogens is 1. The molecule has 6 nitrogen and oxygen atoms in total. The summed E-state index contributed by atoms with van der Waals surface area (Å²) in [5.41, 5.74) is 7.89. The van der Waals surface area contributed by atoms with Crippen LogP contribution in [0.1, 0.15) is 37.7 Å². The minimum atomic E-state index is -0.669. The van der Waals surface area contributed by atoms with Gasteiger partial charge in [0.25, 0.3) is 0 Å². The number of nitriles is 1. The zero-order chi connectivity index (χ0) is 19.8. The van der Waals surface area contributed by atoms with Crippen molar-refractivity contribution in [2.45, 2.75) is 32.1 Å². The molecule has 28 heavy (non-hydrogen) atoms. The van der Waals surface area contributed by atoms with E-state index in [4.69, 9.17) is 26.8 Å². The summed E-state index contributed by atoms with van der Waals surface area (Å²) in [7, 11) is 0. The molecule has 2 N–H and O–H groups in total. The van der Waals surface area contributed by atoms with Crippen molar-refractivity contribution in [3.8, 4) is 11.8 Å². The van der Waals surface area contributed by atoms with Crippen LogP contribution >= 0.6 is 11.6 Å². The Kier molecular flexibility index (Phi) is 4.70. The van der Waals surface area contributed by atoms with Crippen LogP contribution in [-0.2, 0) is 9.53 Å². The summed E-state index contributed by atoms with van der Waals surface area (Å²) < 4.78 is 11.1. The molecule has 2 aliphatic rings. The van der Waals surface area contributed by atoms with Gasteiger partial charge in [-0.2, -0.15) is 5.26 Å². The first-order chi connectivity index (χ1) is 13.5. The van der Waals surface area contributed by atoms with Crippen LogP contribution in [0.25, 0.3) is 10.9 Å². The van der Waals surface area contributed by atoms with Gasteiger partial charge in [0.2, 0.25) is 5.88 Å². The fraction of sp³-hybridized carbons (Fsp3) is 0.286. The van der Waals surface area contributed by atoms with E-state index in [9.17, 15) is 10.1 Å². The van der Waals surface area contributed by atoms with Gasteiger partial charge in [0.15, 0.2) is 5.78 Å². The molecule has 4 rings (SSSR count). The van der Waals surface area contributed by atoms with Crippen LogP contribution in [0.4, 0.5) is 0 Å². The first-order valence-corrected chi connectivity index (χ1v) is 9.48. The Morgan fingerprint density at radius 2 is 2.21 bits per heavy atom. The quantitative estimate of drug-likeness (QED) is 0.785. The van der Waals surface area contributed by atoms with E-state index >= 15 is 0 Å². The number of benzene rings is 1. The molecule has 0 saturated heterocycles. The second kappa shape index (κ2) is 7.17. The lowest BCUT2D eigenvalue weighted by Crippen LogP contribution is -2.27. The topological polar surface area (TPSA) is 98.2 Å². The molecule has 1 aromatic heterocycles. The van der Waals surface area contributed by atoms with Crippen molar-refractivity contribution >= 4 is 28.3 Å². The van der Waals surface area contributed by atoms with E-state index in [1.54, 1.807) is 0 Å². The SMILES string of the molecule is CCOc1ccc2cc(C3C(C#N)=C(N)OC4=C3C(=O)CCC4)c(Cl)nc2c1. The van der Waals surface area contributed by atoms with Crippen molar-refractivity contribution in [2.75, 3.05) is 6.61 Å². The first-order valence-electron chi connectivity index (χ1n) is 9.10. The van der Waals surface area contributed by atoms with Crippen LogP contribution < -0.4 is 10.5 Å². The van der Waals surface area contributed by atoms with E-state index in [0.29, 0.717) is 54.0 Å². The highest BCUT2D eigenvalue weighted by atomic mass is 35.5. The van der Waals surface area contributed by atoms with Gasteiger partial charge in [0.1, 0.15) is 28.3 Å². The van der Waals surface area contributed by atoms with Crippen molar-refractivity contribution in [1.82, 2.24) is 4.98 Å². The number of ketones is 1. The average molecular weight is 396 g/mol. The molecular weight excluding hydrogens is 378 g/mol. The number of nitrogens with zero attached hydrogens (tertiary/aromatic N) is 2. The van der Waals surface area contributed by atoms with E-state index < -0.39 is 5.92 Å². The number of hydrogen-bond acceptors (Lipinski definition) is 6. The van der Waals surface area contributed by atoms with E-state index in [0.717, 1.165) is 5.39 Å². The summed E-state index contributed by atoms with van der Waals surface area (Å²) in [6.07, 6.45) is 1.71. The summed E-state index contributed by atoms with van der Waals surface area (Å²) in [5.74, 6) is 0.531. The molecule has 2 aromatic rings. The third kappa shape index (κ3) is 2.98. The molecule has 1 aliphatic heterocycles. The van der Waals surface area contributed by atoms with Crippen LogP contribution in [0, 0.1) is 11.3 Å².